The normalized spacial score (nSPS) is 12.3. The van der Waals surface area contributed by atoms with Crippen LogP contribution in [0.1, 0.15) is 19.4 Å². The largest absolute Gasteiger partial charge is 0.491 e. The molecule has 1 unspecified atom stereocenters. The lowest BCUT2D eigenvalue weighted by Crippen LogP contribution is -2.37. The summed E-state index contributed by atoms with van der Waals surface area (Å²) in [7, 11) is 0. The van der Waals surface area contributed by atoms with Gasteiger partial charge in [0.1, 0.15) is 30.8 Å². The van der Waals surface area contributed by atoms with Gasteiger partial charge < -0.3 is 30.1 Å². The van der Waals surface area contributed by atoms with Crippen molar-refractivity contribution < 1.29 is 32.5 Å². The quantitative estimate of drug-likeness (QED) is 0.438. The molecule has 0 aliphatic heterocycles. The summed E-state index contributed by atoms with van der Waals surface area (Å²) in [4.78, 5) is 14.4. The van der Waals surface area contributed by atoms with Crippen molar-refractivity contribution in [1.29, 1.82) is 0 Å². The second-order valence-corrected chi connectivity index (χ2v) is 7.20. The van der Waals surface area contributed by atoms with E-state index in [0.717, 1.165) is 31.8 Å². The first-order valence-electron chi connectivity index (χ1n) is 10.7. The Morgan fingerprint density at radius 1 is 1.09 bits per heavy atom. The van der Waals surface area contributed by atoms with Crippen LogP contribution in [0.5, 0.6) is 11.5 Å². The fourth-order valence-electron chi connectivity index (χ4n) is 2.91. The third-order valence-electron chi connectivity index (χ3n) is 4.80. The number of carbonyl (C=O) groups excluding carboxylic acids is 1. The van der Waals surface area contributed by atoms with Crippen molar-refractivity contribution in [2.24, 2.45) is 0 Å². The number of alkyl halides is 3. The number of nitrogens with one attached hydrogen (secondary N) is 2. The summed E-state index contributed by atoms with van der Waals surface area (Å²) in [6.07, 6.45) is -5.60. The Labute approximate surface area is 191 Å². The molecular weight excluding hydrogens is 439 g/mol. The van der Waals surface area contributed by atoms with E-state index in [2.05, 4.69) is 29.4 Å². The minimum atomic E-state index is -4.48. The van der Waals surface area contributed by atoms with Gasteiger partial charge in [0.15, 0.2) is 0 Å². The summed E-state index contributed by atoms with van der Waals surface area (Å²) in [6, 6.07) is 10.8. The Morgan fingerprint density at radius 3 is 2.52 bits per heavy atom. The van der Waals surface area contributed by atoms with Crippen LogP contribution in [0.4, 0.5) is 23.7 Å². The van der Waals surface area contributed by atoms with Crippen LogP contribution in [0.3, 0.4) is 0 Å². The van der Waals surface area contributed by atoms with Gasteiger partial charge in [-0.05, 0) is 43.4 Å². The lowest BCUT2D eigenvalue weighted by Gasteiger charge is -2.19. The first-order valence-corrected chi connectivity index (χ1v) is 10.7. The highest BCUT2D eigenvalue weighted by molar-refractivity contribution is 5.90. The van der Waals surface area contributed by atoms with E-state index in [1.165, 1.54) is 12.1 Å². The highest BCUT2D eigenvalue weighted by atomic mass is 19.4. The van der Waals surface area contributed by atoms with Crippen LogP contribution in [-0.4, -0.2) is 61.5 Å². The summed E-state index contributed by atoms with van der Waals surface area (Å²) in [6.45, 7) is 6.76. The highest BCUT2D eigenvalue weighted by Gasteiger charge is 2.30. The van der Waals surface area contributed by atoms with Crippen LogP contribution in [0.15, 0.2) is 48.5 Å². The van der Waals surface area contributed by atoms with Crippen LogP contribution >= 0.6 is 0 Å². The number of aliphatic hydroxyl groups is 1. The number of carbonyl (C=O) groups is 1. The van der Waals surface area contributed by atoms with Crippen molar-refractivity contribution in [2.45, 2.75) is 26.1 Å². The average molecular weight is 470 g/mol. The predicted molar refractivity (Wildman–Crippen MR) is 120 cm³/mol. The minimum Gasteiger partial charge on any atom is -0.491 e. The van der Waals surface area contributed by atoms with E-state index in [4.69, 9.17) is 9.47 Å². The van der Waals surface area contributed by atoms with Crippen molar-refractivity contribution in [3.05, 3.63) is 54.1 Å². The number of rotatable bonds is 12. The van der Waals surface area contributed by atoms with E-state index >= 15 is 0 Å². The molecule has 0 saturated carbocycles. The van der Waals surface area contributed by atoms with Crippen molar-refractivity contribution in [2.75, 3.05) is 44.7 Å². The van der Waals surface area contributed by atoms with Crippen molar-refractivity contribution in [3.8, 4) is 11.5 Å². The number of likely N-dealkylation sites (N-methyl/N-ethyl adjacent to an activating group) is 1. The van der Waals surface area contributed by atoms with Crippen molar-refractivity contribution >= 4 is 11.7 Å². The number of para-hydroxylation sites is 2. The molecule has 0 aromatic heterocycles. The van der Waals surface area contributed by atoms with E-state index in [0.29, 0.717) is 18.0 Å². The molecule has 0 radical (unpaired) electrons. The second kappa shape index (κ2) is 12.9. The smallest absolute Gasteiger partial charge is 0.416 e. The van der Waals surface area contributed by atoms with Gasteiger partial charge in [0.25, 0.3) is 0 Å². The Balaban J connectivity index is 1.79. The van der Waals surface area contributed by atoms with Crippen molar-refractivity contribution in [3.63, 3.8) is 0 Å². The van der Waals surface area contributed by atoms with E-state index < -0.39 is 23.9 Å². The maximum atomic E-state index is 12.8. The van der Waals surface area contributed by atoms with Gasteiger partial charge in [-0.2, -0.15) is 13.2 Å². The standard InChI is InChI=1S/C23H30F3N3O4/c1-3-29(4-2)12-13-32-21-11-6-5-10-20(21)28-22(31)27-15-18(30)16-33-19-9-7-8-17(14-19)23(24,25)26/h5-11,14,18,30H,3-4,12-13,15-16H2,1-2H3,(H2,27,28,31). The maximum Gasteiger partial charge on any atom is 0.416 e. The number of urea groups is 1. The molecule has 0 spiro atoms. The summed E-state index contributed by atoms with van der Waals surface area (Å²) < 4.78 is 49.2. The molecule has 0 bridgehead atoms. The number of benzene rings is 2. The Kier molecular flexibility index (Phi) is 10.3. The van der Waals surface area contributed by atoms with E-state index in [1.54, 1.807) is 24.3 Å². The number of nitrogens with zero attached hydrogens (tertiary/aromatic N) is 1. The Morgan fingerprint density at radius 2 is 1.82 bits per heavy atom. The van der Waals surface area contributed by atoms with Crippen LogP contribution in [0.25, 0.3) is 0 Å². The molecule has 0 fully saturated rings. The molecular formula is C23H30F3N3O4. The highest BCUT2D eigenvalue weighted by Crippen LogP contribution is 2.31. The van der Waals surface area contributed by atoms with Gasteiger partial charge in [-0.1, -0.05) is 32.0 Å². The average Bonchev–Trinajstić information content (AvgIpc) is 2.80. The summed E-state index contributed by atoms with van der Waals surface area (Å²) in [5, 5.41) is 15.2. The lowest BCUT2D eigenvalue weighted by molar-refractivity contribution is -0.137. The molecule has 10 heteroatoms. The number of anilines is 1. The molecule has 2 aromatic carbocycles. The second-order valence-electron chi connectivity index (χ2n) is 7.20. The van der Waals surface area contributed by atoms with E-state index in [1.807, 2.05) is 0 Å². The maximum absolute atomic E-state index is 12.8. The topological polar surface area (TPSA) is 83.1 Å². The summed E-state index contributed by atoms with van der Waals surface area (Å²) in [5.74, 6) is 0.498. The van der Waals surface area contributed by atoms with E-state index in [9.17, 15) is 23.1 Å². The van der Waals surface area contributed by atoms with E-state index in [-0.39, 0.29) is 18.9 Å². The minimum absolute atomic E-state index is 0.0240. The molecule has 7 nitrogen and oxygen atoms in total. The Bertz CT molecular complexity index is 876. The number of ether oxygens (including phenoxy) is 2. The fraction of sp³-hybridized carbons (Fsp3) is 0.435. The first-order chi connectivity index (χ1) is 15.7. The fourth-order valence-corrected chi connectivity index (χ4v) is 2.91. The molecule has 2 aromatic rings. The first kappa shape index (κ1) is 26.3. The van der Waals surface area contributed by atoms with Gasteiger partial charge in [-0.15, -0.1) is 0 Å². The monoisotopic (exact) mass is 469 g/mol. The Hall–Kier alpha value is -2.98. The predicted octanol–water partition coefficient (Wildman–Crippen LogP) is 3.99. The molecule has 0 saturated heterocycles. The molecule has 2 amide bonds. The molecule has 0 aliphatic rings. The number of hydrogen-bond donors (Lipinski definition) is 3. The number of hydrogen-bond acceptors (Lipinski definition) is 5. The number of amides is 2. The van der Waals surface area contributed by atoms with Crippen LogP contribution in [-0.2, 0) is 6.18 Å². The lowest BCUT2D eigenvalue weighted by atomic mass is 10.2. The summed E-state index contributed by atoms with van der Waals surface area (Å²) in [5.41, 5.74) is -0.366. The van der Waals surface area contributed by atoms with Gasteiger partial charge in [0.05, 0.1) is 11.3 Å². The molecule has 1 atom stereocenters. The molecule has 0 aliphatic carbocycles. The zero-order valence-electron chi connectivity index (χ0n) is 18.7. The molecule has 0 heterocycles. The van der Waals surface area contributed by atoms with Crippen molar-refractivity contribution in [1.82, 2.24) is 10.2 Å². The van der Waals surface area contributed by atoms with Gasteiger partial charge in [0.2, 0.25) is 0 Å². The third-order valence-corrected chi connectivity index (χ3v) is 4.80. The van der Waals surface area contributed by atoms with Gasteiger partial charge in [0, 0.05) is 13.1 Å². The summed E-state index contributed by atoms with van der Waals surface area (Å²) >= 11 is 0. The molecule has 3 N–H and O–H groups in total. The number of halogens is 3. The molecule has 2 rings (SSSR count). The van der Waals surface area contributed by atoms with Crippen LogP contribution < -0.4 is 20.1 Å². The SMILES string of the molecule is CCN(CC)CCOc1ccccc1NC(=O)NCC(O)COc1cccc(C(F)(F)F)c1. The zero-order chi connectivity index (χ0) is 24.3. The van der Waals surface area contributed by atoms with Gasteiger partial charge in [-0.3, -0.25) is 0 Å². The molecule has 33 heavy (non-hydrogen) atoms. The number of aliphatic hydroxyl groups excluding tert-OH is 1. The van der Waals surface area contributed by atoms with Crippen LogP contribution in [0.2, 0.25) is 0 Å². The van der Waals surface area contributed by atoms with Gasteiger partial charge in [-0.25, -0.2) is 4.79 Å². The van der Waals surface area contributed by atoms with Crippen LogP contribution in [0, 0.1) is 0 Å². The van der Waals surface area contributed by atoms with Gasteiger partial charge >= 0.3 is 12.2 Å². The molecule has 182 valence electrons. The third kappa shape index (κ3) is 9.19. The zero-order valence-corrected chi connectivity index (χ0v) is 18.7.